The second kappa shape index (κ2) is 12.4. The molecular formula is C27H32N6O5S. The van der Waals surface area contributed by atoms with Gasteiger partial charge in [-0.2, -0.15) is 4.31 Å². The Morgan fingerprint density at radius 2 is 1.87 bits per heavy atom. The lowest BCUT2D eigenvalue weighted by molar-refractivity contribution is -0.122. The molecule has 2 aromatic carbocycles. The molecule has 0 bridgehead atoms. The van der Waals surface area contributed by atoms with E-state index in [1.807, 2.05) is 12.1 Å². The van der Waals surface area contributed by atoms with Crippen LogP contribution in [0.5, 0.6) is 0 Å². The second-order valence-corrected chi connectivity index (χ2v) is 11.4. The van der Waals surface area contributed by atoms with Crippen LogP contribution in [0.4, 0.5) is 0 Å². The molecule has 0 spiro atoms. The molecule has 2 amide bonds. The maximum Gasteiger partial charge on any atom is 0.309 e. The van der Waals surface area contributed by atoms with Crippen molar-refractivity contribution in [2.24, 2.45) is 0 Å². The Bertz CT molecular complexity index is 1470. The highest BCUT2D eigenvalue weighted by molar-refractivity contribution is 7.88. The number of fused-ring (bicyclic) bond motifs is 1. The van der Waals surface area contributed by atoms with Gasteiger partial charge in [-0.25, -0.2) is 8.42 Å². The number of rotatable bonds is 10. The minimum absolute atomic E-state index is 0.00954. The van der Waals surface area contributed by atoms with Gasteiger partial charge < -0.3 is 15.1 Å². The molecule has 4 rings (SSSR count). The Morgan fingerprint density at radius 1 is 1.15 bits per heavy atom. The van der Waals surface area contributed by atoms with Crippen LogP contribution in [-0.4, -0.2) is 78.1 Å². The van der Waals surface area contributed by atoms with E-state index in [0.29, 0.717) is 25.9 Å². The first kappa shape index (κ1) is 28.2. The van der Waals surface area contributed by atoms with Gasteiger partial charge in [0.05, 0.1) is 25.9 Å². The summed E-state index contributed by atoms with van der Waals surface area (Å²) in [4.78, 5) is 26.8. The lowest BCUT2D eigenvalue weighted by Gasteiger charge is -2.39. The average Bonchev–Trinajstić information content (AvgIpc) is 3.41. The number of sulfonamides is 1. The molecule has 1 unspecified atom stereocenters. The minimum atomic E-state index is -3.64. The molecule has 2 heterocycles. The van der Waals surface area contributed by atoms with Gasteiger partial charge in [-0.05, 0) is 36.1 Å². The number of hydrogen-bond donors (Lipinski definition) is 2. The third kappa shape index (κ3) is 7.00. The molecule has 1 aromatic heterocycles. The number of nitrogens with zero attached hydrogens (tertiary/aromatic N) is 4. The minimum Gasteiger partial charge on any atom is -0.415 e. The van der Waals surface area contributed by atoms with Crippen LogP contribution in [0.3, 0.4) is 0 Å². The molecule has 206 valence electrons. The van der Waals surface area contributed by atoms with E-state index in [1.165, 1.54) is 20.6 Å². The molecule has 1 saturated heterocycles. The van der Waals surface area contributed by atoms with Gasteiger partial charge in [-0.1, -0.05) is 48.4 Å². The largest absolute Gasteiger partial charge is 0.415 e. The average molecular weight is 553 g/mol. The van der Waals surface area contributed by atoms with Gasteiger partial charge in [0.25, 0.3) is 0 Å². The Kier molecular flexibility index (Phi) is 8.96. The van der Waals surface area contributed by atoms with Crippen LogP contribution in [0.15, 0.2) is 46.9 Å². The molecule has 1 atom stereocenters. The predicted octanol–water partition coefficient (Wildman–Crippen LogP) is 1.69. The maximum absolute atomic E-state index is 12.7. The van der Waals surface area contributed by atoms with Gasteiger partial charge in [-0.3, -0.25) is 14.5 Å². The van der Waals surface area contributed by atoms with Crippen LogP contribution < -0.4 is 10.6 Å². The summed E-state index contributed by atoms with van der Waals surface area (Å²) in [6.07, 6.45) is 7.43. The van der Waals surface area contributed by atoms with Gasteiger partial charge in [0.1, 0.15) is 0 Å². The molecule has 11 nitrogen and oxygen atoms in total. The molecule has 1 fully saturated rings. The number of carbonyl (C=O) groups is 2. The first-order chi connectivity index (χ1) is 18.7. The summed E-state index contributed by atoms with van der Waals surface area (Å²) in [6, 6.07) is 14.5. The number of nitrogens with one attached hydrogen (secondary N) is 2. The summed E-state index contributed by atoms with van der Waals surface area (Å²) in [5, 5.41) is 14.7. The number of benzene rings is 2. The topological polar surface area (TPSA) is 138 Å². The molecule has 3 aromatic rings. The van der Waals surface area contributed by atoms with Crippen molar-refractivity contribution in [1.82, 2.24) is 30.0 Å². The van der Waals surface area contributed by atoms with Crippen molar-refractivity contribution in [3.8, 4) is 12.3 Å². The number of amides is 2. The van der Waals surface area contributed by atoms with Gasteiger partial charge >= 0.3 is 11.8 Å². The van der Waals surface area contributed by atoms with Crippen LogP contribution in [-0.2, 0) is 21.4 Å². The molecule has 0 saturated carbocycles. The lowest BCUT2D eigenvalue weighted by Crippen LogP contribution is -2.50. The number of aromatic nitrogens is 2. The fourth-order valence-electron chi connectivity index (χ4n) is 4.89. The molecular weight excluding hydrogens is 520 g/mol. The van der Waals surface area contributed by atoms with E-state index in [4.69, 9.17) is 10.8 Å². The zero-order valence-corrected chi connectivity index (χ0v) is 22.8. The van der Waals surface area contributed by atoms with Crippen molar-refractivity contribution in [3.05, 3.63) is 59.8 Å². The van der Waals surface area contributed by atoms with E-state index in [-0.39, 0.29) is 43.5 Å². The van der Waals surface area contributed by atoms with E-state index in [1.54, 1.807) is 0 Å². The summed E-state index contributed by atoms with van der Waals surface area (Å²) >= 11 is 0. The highest BCUT2D eigenvalue weighted by Gasteiger charge is 2.33. The zero-order chi connectivity index (χ0) is 28.0. The number of terminal acetylenes is 1. The Morgan fingerprint density at radius 3 is 2.59 bits per heavy atom. The van der Waals surface area contributed by atoms with Crippen LogP contribution >= 0.6 is 0 Å². The number of likely N-dealkylation sites (tertiary alicyclic amines) is 1. The smallest absolute Gasteiger partial charge is 0.309 e. The van der Waals surface area contributed by atoms with E-state index >= 15 is 0 Å². The van der Waals surface area contributed by atoms with Gasteiger partial charge in [0.15, 0.2) is 0 Å². The molecule has 1 aliphatic rings. The van der Waals surface area contributed by atoms with Crippen molar-refractivity contribution in [3.63, 3.8) is 0 Å². The quantitative estimate of drug-likeness (QED) is 0.363. The van der Waals surface area contributed by atoms with Gasteiger partial charge in [-0.15, -0.1) is 16.6 Å². The zero-order valence-electron chi connectivity index (χ0n) is 22.0. The van der Waals surface area contributed by atoms with E-state index in [2.05, 4.69) is 68.9 Å². The van der Waals surface area contributed by atoms with Crippen molar-refractivity contribution in [2.45, 2.75) is 38.4 Å². The van der Waals surface area contributed by atoms with Crippen LogP contribution in [0.1, 0.15) is 47.9 Å². The summed E-state index contributed by atoms with van der Waals surface area (Å²) < 4.78 is 31.7. The highest BCUT2D eigenvalue weighted by Crippen LogP contribution is 2.31. The first-order valence-corrected chi connectivity index (χ1v) is 14.5. The Labute approximate surface area is 228 Å². The monoisotopic (exact) mass is 552 g/mol. The Balaban J connectivity index is 1.33. The molecule has 1 aliphatic heterocycles. The summed E-state index contributed by atoms with van der Waals surface area (Å²) in [6.45, 7) is 3.12. The van der Waals surface area contributed by atoms with E-state index in [9.17, 15) is 18.0 Å². The molecule has 2 N–H and O–H groups in total. The van der Waals surface area contributed by atoms with Crippen molar-refractivity contribution < 1.29 is 22.4 Å². The number of carbonyl (C=O) groups excluding carboxylic acids is 2. The molecule has 39 heavy (non-hydrogen) atoms. The predicted molar refractivity (Wildman–Crippen MR) is 146 cm³/mol. The molecule has 0 radical (unpaired) electrons. The van der Waals surface area contributed by atoms with Gasteiger partial charge in [0, 0.05) is 25.2 Å². The summed E-state index contributed by atoms with van der Waals surface area (Å²) in [5.74, 6) is 0.855. The SMILES string of the molecule is C#CCNC(=O)c1nnc(CNC(=O)CN(C2CCN(C(C)c3cccc4ccccc34)CC2)S(C)(=O)=O)o1. The summed E-state index contributed by atoms with van der Waals surface area (Å²) in [5.41, 5.74) is 1.24. The van der Waals surface area contributed by atoms with E-state index < -0.39 is 21.8 Å². The van der Waals surface area contributed by atoms with Crippen LogP contribution in [0.25, 0.3) is 10.8 Å². The summed E-state index contributed by atoms with van der Waals surface area (Å²) in [7, 11) is -3.64. The number of hydrogen-bond acceptors (Lipinski definition) is 8. The second-order valence-electron chi connectivity index (χ2n) is 9.48. The van der Waals surface area contributed by atoms with Crippen molar-refractivity contribution >= 4 is 32.6 Å². The molecule has 0 aliphatic carbocycles. The fraction of sp³-hybridized carbons (Fsp3) is 0.407. The third-order valence-corrected chi connectivity index (χ3v) is 8.18. The standard InChI is InChI=1S/C27H32N6O5S/c1-4-14-28-26(35)27-31-30-25(38-27)17-29-24(34)18-33(39(3,36)37)21-12-15-32(16-13-21)19(2)22-11-7-9-20-8-5-6-10-23(20)22/h1,5-11,19,21H,12-18H2,2-3H3,(H,28,35)(H,29,34). The molecule has 12 heteroatoms. The van der Waals surface area contributed by atoms with Crippen molar-refractivity contribution in [1.29, 1.82) is 0 Å². The van der Waals surface area contributed by atoms with Crippen LogP contribution in [0, 0.1) is 12.3 Å². The normalized spacial score (nSPS) is 15.6. The van der Waals surface area contributed by atoms with Crippen LogP contribution in [0.2, 0.25) is 0 Å². The third-order valence-electron chi connectivity index (χ3n) is 6.90. The maximum atomic E-state index is 12.7. The fourth-order valence-corrected chi connectivity index (χ4v) is 5.99. The van der Waals surface area contributed by atoms with Crippen molar-refractivity contribution in [2.75, 3.05) is 32.4 Å². The van der Waals surface area contributed by atoms with E-state index in [0.717, 1.165) is 6.26 Å². The number of piperidine rings is 1. The Hall–Kier alpha value is -3.79. The van der Waals surface area contributed by atoms with Gasteiger partial charge in [0.2, 0.25) is 21.8 Å². The lowest BCUT2D eigenvalue weighted by atomic mass is 9.96. The highest BCUT2D eigenvalue weighted by atomic mass is 32.2. The first-order valence-electron chi connectivity index (χ1n) is 12.7.